The Morgan fingerprint density at radius 2 is 2.19 bits per heavy atom. The second-order valence-corrected chi connectivity index (χ2v) is 5.41. The number of carbonyl (C=O) groups is 1. The van der Waals surface area contributed by atoms with Crippen LogP contribution in [0.25, 0.3) is 6.08 Å². The zero-order valence-electron chi connectivity index (χ0n) is 11.3. The van der Waals surface area contributed by atoms with Crippen molar-refractivity contribution in [1.82, 2.24) is 5.32 Å². The molecule has 0 unspecified atom stereocenters. The normalized spacial score (nSPS) is 10.3. The summed E-state index contributed by atoms with van der Waals surface area (Å²) in [6.45, 7) is 0. The Hall–Kier alpha value is -2.18. The molecule has 1 amide bonds. The summed E-state index contributed by atoms with van der Waals surface area (Å²) in [7, 11) is 1.59. The van der Waals surface area contributed by atoms with E-state index in [4.69, 9.17) is 17.0 Å². The third-order valence-corrected chi connectivity index (χ3v) is 3.55. The Kier molecular flexibility index (Phi) is 5.48. The average Bonchev–Trinajstić information content (AvgIpc) is 2.98. The SMILES string of the molecule is COc1cccc(NC(=S)NC(=O)C=Cc2cccs2)c1. The summed E-state index contributed by atoms with van der Waals surface area (Å²) in [5.74, 6) is 0.440. The molecule has 0 aliphatic heterocycles. The summed E-state index contributed by atoms with van der Waals surface area (Å²) in [5, 5.41) is 7.71. The number of methoxy groups -OCH3 is 1. The third-order valence-electron chi connectivity index (χ3n) is 2.51. The van der Waals surface area contributed by atoms with Crippen LogP contribution in [0.3, 0.4) is 0 Å². The topological polar surface area (TPSA) is 50.4 Å². The van der Waals surface area contributed by atoms with Gasteiger partial charge in [-0.05, 0) is 41.9 Å². The highest BCUT2D eigenvalue weighted by molar-refractivity contribution is 7.80. The van der Waals surface area contributed by atoms with E-state index in [1.807, 2.05) is 35.7 Å². The molecule has 21 heavy (non-hydrogen) atoms. The van der Waals surface area contributed by atoms with Gasteiger partial charge < -0.3 is 10.1 Å². The maximum Gasteiger partial charge on any atom is 0.250 e. The van der Waals surface area contributed by atoms with E-state index in [0.717, 1.165) is 10.6 Å². The van der Waals surface area contributed by atoms with E-state index in [1.165, 1.54) is 6.08 Å². The van der Waals surface area contributed by atoms with Crippen LogP contribution in [0, 0.1) is 0 Å². The van der Waals surface area contributed by atoms with E-state index < -0.39 is 0 Å². The monoisotopic (exact) mass is 318 g/mol. The number of nitrogens with one attached hydrogen (secondary N) is 2. The Morgan fingerprint density at radius 3 is 2.90 bits per heavy atom. The number of anilines is 1. The fourth-order valence-electron chi connectivity index (χ4n) is 1.56. The molecule has 0 fully saturated rings. The molecule has 0 atom stereocenters. The maximum atomic E-state index is 11.7. The molecule has 1 aromatic carbocycles. The first-order chi connectivity index (χ1) is 10.2. The number of hydrogen-bond donors (Lipinski definition) is 2. The second kappa shape index (κ2) is 7.56. The lowest BCUT2D eigenvalue weighted by molar-refractivity contribution is -0.115. The lowest BCUT2D eigenvalue weighted by Crippen LogP contribution is -2.32. The van der Waals surface area contributed by atoms with Crippen LogP contribution in [0.15, 0.2) is 47.9 Å². The molecule has 0 aliphatic carbocycles. The van der Waals surface area contributed by atoms with Gasteiger partial charge in [0.15, 0.2) is 5.11 Å². The van der Waals surface area contributed by atoms with Gasteiger partial charge in [-0.1, -0.05) is 12.1 Å². The van der Waals surface area contributed by atoms with Gasteiger partial charge in [-0.15, -0.1) is 11.3 Å². The molecule has 2 N–H and O–H groups in total. The summed E-state index contributed by atoms with van der Waals surface area (Å²) in [5.41, 5.74) is 0.752. The molecule has 0 bridgehead atoms. The number of rotatable bonds is 4. The minimum Gasteiger partial charge on any atom is -0.497 e. The van der Waals surface area contributed by atoms with Crippen molar-refractivity contribution in [2.24, 2.45) is 0 Å². The number of benzene rings is 1. The molecular weight excluding hydrogens is 304 g/mol. The van der Waals surface area contributed by atoms with Gasteiger partial charge in [0, 0.05) is 22.7 Å². The fourth-order valence-corrected chi connectivity index (χ4v) is 2.40. The first-order valence-electron chi connectivity index (χ1n) is 6.15. The molecule has 2 aromatic rings. The molecule has 6 heteroatoms. The van der Waals surface area contributed by atoms with Crippen molar-refractivity contribution in [1.29, 1.82) is 0 Å². The molecule has 1 aromatic heterocycles. The van der Waals surface area contributed by atoms with Gasteiger partial charge in [-0.25, -0.2) is 0 Å². The number of thiophene rings is 1. The van der Waals surface area contributed by atoms with E-state index >= 15 is 0 Å². The number of thiocarbonyl (C=S) groups is 1. The van der Waals surface area contributed by atoms with Crippen molar-refractivity contribution in [3.05, 3.63) is 52.7 Å². The second-order valence-electron chi connectivity index (χ2n) is 4.02. The van der Waals surface area contributed by atoms with E-state index in [2.05, 4.69) is 10.6 Å². The zero-order chi connectivity index (χ0) is 15.1. The van der Waals surface area contributed by atoms with E-state index in [0.29, 0.717) is 5.75 Å². The minimum atomic E-state index is -0.274. The molecule has 4 nitrogen and oxygen atoms in total. The molecule has 2 rings (SSSR count). The molecule has 1 heterocycles. The van der Waals surface area contributed by atoms with Gasteiger partial charge in [-0.2, -0.15) is 0 Å². The van der Waals surface area contributed by atoms with Crippen LogP contribution >= 0.6 is 23.6 Å². The molecule has 0 radical (unpaired) electrons. The van der Waals surface area contributed by atoms with Gasteiger partial charge in [0.25, 0.3) is 0 Å². The lowest BCUT2D eigenvalue weighted by Gasteiger charge is -2.09. The van der Waals surface area contributed by atoms with Crippen LogP contribution in [0.2, 0.25) is 0 Å². The fraction of sp³-hybridized carbons (Fsp3) is 0.0667. The van der Waals surface area contributed by atoms with Crippen LogP contribution in [0.1, 0.15) is 4.88 Å². The summed E-state index contributed by atoms with van der Waals surface area (Å²) >= 11 is 6.65. The number of carbonyl (C=O) groups excluding carboxylic acids is 1. The first kappa shape index (κ1) is 15.2. The maximum absolute atomic E-state index is 11.7. The van der Waals surface area contributed by atoms with Crippen LogP contribution < -0.4 is 15.4 Å². The van der Waals surface area contributed by atoms with Crippen molar-refractivity contribution < 1.29 is 9.53 Å². The van der Waals surface area contributed by atoms with Crippen molar-refractivity contribution in [3.8, 4) is 5.75 Å². The highest BCUT2D eigenvalue weighted by Gasteiger charge is 2.02. The van der Waals surface area contributed by atoms with E-state index in [1.54, 1.807) is 30.6 Å². The molecule has 0 aliphatic rings. The van der Waals surface area contributed by atoms with Gasteiger partial charge in [0.1, 0.15) is 5.75 Å². The quantitative estimate of drug-likeness (QED) is 0.671. The van der Waals surface area contributed by atoms with Crippen LogP contribution in [-0.4, -0.2) is 18.1 Å². The van der Waals surface area contributed by atoms with Gasteiger partial charge in [0.05, 0.1) is 7.11 Å². The van der Waals surface area contributed by atoms with Crippen molar-refractivity contribution in [2.75, 3.05) is 12.4 Å². The summed E-state index contributed by atoms with van der Waals surface area (Å²) in [6.07, 6.45) is 3.19. The number of amides is 1. The Bertz CT molecular complexity index is 651. The lowest BCUT2D eigenvalue weighted by atomic mass is 10.3. The zero-order valence-corrected chi connectivity index (χ0v) is 13.0. The Balaban J connectivity index is 1.87. The van der Waals surface area contributed by atoms with Crippen molar-refractivity contribution in [3.63, 3.8) is 0 Å². The molecular formula is C15H14N2O2S2. The van der Waals surface area contributed by atoms with Crippen LogP contribution in [0.5, 0.6) is 5.75 Å². The summed E-state index contributed by atoms with van der Waals surface area (Å²) in [6, 6.07) is 11.2. The van der Waals surface area contributed by atoms with Crippen LogP contribution in [0.4, 0.5) is 5.69 Å². The number of hydrogen-bond acceptors (Lipinski definition) is 4. The van der Waals surface area contributed by atoms with E-state index in [-0.39, 0.29) is 11.0 Å². The van der Waals surface area contributed by atoms with Gasteiger partial charge >= 0.3 is 0 Å². The Labute approximate surface area is 132 Å². The first-order valence-corrected chi connectivity index (χ1v) is 7.44. The highest BCUT2D eigenvalue weighted by atomic mass is 32.1. The smallest absolute Gasteiger partial charge is 0.250 e. The standard InChI is InChI=1S/C15H14N2O2S2/c1-19-12-5-2-4-11(10-12)16-15(20)17-14(18)8-7-13-6-3-9-21-13/h2-10H,1H3,(H2,16,17,18,20). The van der Waals surface area contributed by atoms with E-state index in [9.17, 15) is 4.79 Å². The highest BCUT2D eigenvalue weighted by Crippen LogP contribution is 2.16. The predicted molar refractivity (Wildman–Crippen MR) is 90.7 cm³/mol. The minimum absolute atomic E-state index is 0.240. The number of ether oxygens (including phenoxy) is 1. The average molecular weight is 318 g/mol. The van der Waals surface area contributed by atoms with Gasteiger partial charge in [-0.3, -0.25) is 10.1 Å². The summed E-state index contributed by atoms with van der Waals surface area (Å²) in [4.78, 5) is 12.7. The third kappa shape index (κ3) is 5.02. The largest absolute Gasteiger partial charge is 0.497 e. The molecule has 108 valence electrons. The predicted octanol–water partition coefficient (Wildman–Crippen LogP) is 3.28. The molecule has 0 saturated carbocycles. The van der Waals surface area contributed by atoms with Crippen molar-refractivity contribution >= 4 is 46.3 Å². The molecule has 0 spiro atoms. The molecule has 0 saturated heterocycles. The van der Waals surface area contributed by atoms with Crippen LogP contribution in [-0.2, 0) is 4.79 Å². The Morgan fingerprint density at radius 1 is 1.33 bits per heavy atom. The summed E-state index contributed by atoms with van der Waals surface area (Å²) < 4.78 is 5.12. The van der Waals surface area contributed by atoms with Crippen molar-refractivity contribution in [2.45, 2.75) is 0 Å². The van der Waals surface area contributed by atoms with Gasteiger partial charge in [0.2, 0.25) is 5.91 Å².